The number of aliphatic carboxylic acids is 1. The summed E-state index contributed by atoms with van der Waals surface area (Å²) in [6.07, 6.45) is 0. The van der Waals surface area contributed by atoms with Crippen LogP contribution in [0.15, 0.2) is 47.4 Å². The molecule has 6 nitrogen and oxygen atoms in total. The number of sulfonamides is 1. The highest BCUT2D eigenvalue weighted by atomic mass is 32.2. The van der Waals surface area contributed by atoms with Crippen molar-refractivity contribution in [2.24, 2.45) is 0 Å². The van der Waals surface area contributed by atoms with Crippen LogP contribution in [0.1, 0.15) is 5.56 Å². The molecule has 0 fully saturated rings. The number of benzene rings is 2. The van der Waals surface area contributed by atoms with Crippen molar-refractivity contribution in [2.75, 3.05) is 18.0 Å². The lowest BCUT2D eigenvalue weighted by molar-refractivity contribution is -0.139. The van der Waals surface area contributed by atoms with E-state index in [0.717, 1.165) is 4.31 Å². The van der Waals surface area contributed by atoms with Gasteiger partial charge in [0.25, 0.3) is 10.0 Å². The Bertz CT molecular complexity index is 867. The molecule has 0 unspecified atom stereocenters. The van der Waals surface area contributed by atoms with Crippen molar-refractivity contribution < 1.29 is 27.4 Å². The van der Waals surface area contributed by atoms with Crippen LogP contribution in [0.5, 0.6) is 5.75 Å². The van der Waals surface area contributed by atoms with Crippen LogP contribution in [0, 0.1) is 12.7 Å². The van der Waals surface area contributed by atoms with Crippen LogP contribution in [0.25, 0.3) is 0 Å². The molecule has 0 amide bonds. The monoisotopic (exact) mass is 353 g/mol. The van der Waals surface area contributed by atoms with E-state index < -0.39 is 28.4 Å². The maximum absolute atomic E-state index is 13.8. The zero-order valence-corrected chi connectivity index (χ0v) is 13.9. The number of halogens is 1. The molecule has 2 aromatic rings. The summed E-state index contributed by atoms with van der Waals surface area (Å²) >= 11 is 0. The van der Waals surface area contributed by atoms with Crippen LogP contribution in [0.4, 0.5) is 10.1 Å². The van der Waals surface area contributed by atoms with E-state index in [4.69, 9.17) is 9.84 Å². The van der Waals surface area contributed by atoms with Gasteiger partial charge in [0.2, 0.25) is 0 Å². The van der Waals surface area contributed by atoms with Gasteiger partial charge in [-0.05, 0) is 42.8 Å². The Labute approximate surface area is 139 Å². The van der Waals surface area contributed by atoms with Crippen molar-refractivity contribution in [3.63, 3.8) is 0 Å². The average molecular weight is 353 g/mol. The predicted molar refractivity (Wildman–Crippen MR) is 86.3 cm³/mol. The third-order valence-corrected chi connectivity index (χ3v) is 5.12. The van der Waals surface area contributed by atoms with Crippen LogP contribution >= 0.6 is 0 Å². The Morgan fingerprint density at radius 3 is 2.50 bits per heavy atom. The van der Waals surface area contributed by atoms with Gasteiger partial charge in [0.05, 0.1) is 10.6 Å². The van der Waals surface area contributed by atoms with Gasteiger partial charge in [-0.2, -0.15) is 0 Å². The highest BCUT2D eigenvalue weighted by molar-refractivity contribution is 7.92. The molecule has 0 bridgehead atoms. The van der Waals surface area contributed by atoms with Crippen LogP contribution in [-0.2, 0) is 14.8 Å². The van der Waals surface area contributed by atoms with E-state index in [9.17, 15) is 17.6 Å². The van der Waals surface area contributed by atoms with Crippen molar-refractivity contribution >= 4 is 21.7 Å². The standard InChI is InChI=1S/C16H16FNO5S/c1-11-9-12(7-8-15(11)23-10-16(19)20)24(21,22)18(2)14-6-4-3-5-13(14)17/h3-9H,10H2,1-2H3,(H,19,20). The molecular weight excluding hydrogens is 337 g/mol. The zero-order valence-electron chi connectivity index (χ0n) is 13.1. The summed E-state index contributed by atoms with van der Waals surface area (Å²) in [6, 6.07) is 9.57. The first kappa shape index (κ1) is 17.7. The SMILES string of the molecule is Cc1cc(S(=O)(=O)N(C)c2ccccc2F)ccc1OCC(=O)O. The number of ether oxygens (including phenoxy) is 1. The molecule has 1 N–H and O–H groups in total. The molecule has 8 heteroatoms. The largest absolute Gasteiger partial charge is 0.482 e. The molecule has 0 aliphatic heterocycles. The molecule has 0 aliphatic rings. The van der Waals surface area contributed by atoms with Gasteiger partial charge in [0.15, 0.2) is 6.61 Å². The smallest absolute Gasteiger partial charge is 0.341 e. The highest BCUT2D eigenvalue weighted by Gasteiger charge is 2.24. The molecular formula is C16H16FNO5S. The summed E-state index contributed by atoms with van der Waals surface area (Å²) in [5.74, 6) is -1.52. The van der Waals surface area contributed by atoms with Gasteiger partial charge in [-0.25, -0.2) is 17.6 Å². The molecule has 2 rings (SSSR count). The first-order valence-electron chi connectivity index (χ1n) is 6.92. The quantitative estimate of drug-likeness (QED) is 0.862. The first-order chi connectivity index (χ1) is 11.2. The summed E-state index contributed by atoms with van der Waals surface area (Å²) in [7, 11) is -2.70. The second-order valence-electron chi connectivity index (χ2n) is 5.03. The Morgan fingerprint density at radius 2 is 1.92 bits per heavy atom. The number of nitrogens with zero attached hydrogens (tertiary/aromatic N) is 1. The van der Waals surface area contributed by atoms with Crippen molar-refractivity contribution in [1.82, 2.24) is 0 Å². The van der Waals surface area contributed by atoms with Crippen LogP contribution in [-0.4, -0.2) is 33.1 Å². The normalized spacial score (nSPS) is 11.1. The first-order valence-corrected chi connectivity index (χ1v) is 8.36. The van der Waals surface area contributed by atoms with Crippen molar-refractivity contribution in [1.29, 1.82) is 0 Å². The number of aryl methyl sites for hydroxylation is 1. The topological polar surface area (TPSA) is 83.9 Å². The molecule has 0 saturated heterocycles. The summed E-state index contributed by atoms with van der Waals surface area (Å²) in [4.78, 5) is 10.5. The predicted octanol–water partition coefficient (Wildman–Crippen LogP) is 2.42. The fourth-order valence-corrected chi connectivity index (χ4v) is 3.37. The van der Waals surface area contributed by atoms with Gasteiger partial charge in [-0.15, -0.1) is 0 Å². The van der Waals surface area contributed by atoms with Crippen molar-refractivity contribution in [3.05, 3.63) is 53.8 Å². The molecule has 128 valence electrons. The number of carbonyl (C=O) groups is 1. The van der Waals surface area contributed by atoms with Gasteiger partial charge in [-0.1, -0.05) is 12.1 Å². The molecule has 0 spiro atoms. The van der Waals surface area contributed by atoms with Gasteiger partial charge in [0, 0.05) is 7.05 Å². The van der Waals surface area contributed by atoms with E-state index in [1.807, 2.05) is 0 Å². The van der Waals surface area contributed by atoms with Crippen molar-refractivity contribution in [3.8, 4) is 5.75 Å². The molecule has 0 heterocycles. The number of hydrogen-bond acceptors (Lipinski definition) is 4. The Hall–Kier alpha value is -2.61. The second kappa shape index (κ2) is 6.88. The summed E-state index contributed by atoms with van der Waals surface area (Å²) in [6.45, 7) is 1.07. The summed E-state index contributed by atoms with van der Waals surface area (Å²) < 4.78 is 45.0. The second-order valence-corrected chi connectivity index (χ2v) is 7.00. The maximum atomic E-state index is 13.8. The Kier molecular flexibility index (Phi) is 5.08. The number of hydrogen-bond donors (Lipinski definition) is 1. The van der Waals surface area contributed by atoms with Crippen LogP contribution < -0.4 is 9.04 Å². The van der Waals surface area contributed by atoms with Crippen molar-refractivity contribution in [2.45, 2.75) is 11.8 Å². The number of carboxylic acid groups (broad SMARTS) is 1. The number of carboxylic acids is 1. The number of anilines is 1. The fraction of sp³-hybridized carbons (Fsp3) is 0.188. The Balaban J connectivity index is 2.34. The Morgan fingerprint density at radius 1 is 1.25 bits per heavy atom. The minimum absolute atomic E-state index is 0.0478. The molecule has 0 atom stereocenters. The average Bonchev–Trinajstić information content (AvgIpc) is 2.53. The minimum Gasteiger partial charge on any atom is -0.482 e. The maximum Gasteiger partial charge on any atom is 0.341 e. The third-order valence-electron chi connectivity index (χ3n) is 3.35. The summed E-state index contributed by atoms with van der Waals surface area (Å²) in [5.41, 5.74) is 0.389. The minimum atomic E-state index is -3.96. The van der Waals surface area contributed by atoms with E-state index in [2.05, 4.69) is 0 Å². The molecule has 0 aromatic heterocycles. The molecule has 0 radical (unpaired) electrons. The lowest BCUT2D eigenvalue weighted by Gasteiger charge is -2.20. The molecule has 2 aromatic carbocycles. The fourth-order valence-electron chi connectivity index (χ4n) is 2.08. The zero-order chi connectivity index (χ0) is 17.9. The lowest BCUT2D eigenvalue weighted by atomic mass is 10.2. The summed E-state index contributed by atoms with van der Waals surface area (Å²) in [5, 5.41) is 8.61. The van der Waals surface area contributed by atoms with E-state index in [1.54, 1.807) is 13.0 Å². The van der Waals surface area contributed by atoms with Gasteiger partial charge >= 0.3 is 5.97 Å². The van der Waals surface area contributed by atoms with Gasteiger partial charge in [-0.3, -0.25) is 4.31 Å². The lowest BCUT2D eigenvalue weighted by Crippen LogP contribution is -2.27. The van der Waals surface area contributed by atoms with Crippen LogP contribution in [0.2, 0.25) is 0 Å². The van der Waals surface area contributed by atoms with Gasteiger partial charge in [0.1, 0.15) is 11.6 Å². The van der Waals surface area contributed by atoms with E-state index >= 15 is 0 Å². The third kappa shape index (κ3) is 3.65. The number of para-hydroxylation sites is 1. The van der Waals surface area contributed by atoms with E-state index in [1.165, 1.54) is 43.4 Å². The molecule has 24 heavy (non-hydrogen) atoms. The van der Waals surface area contributed by atoms with Crippen LogP contribution in [0.3, 0.4) is 0 Å². The van der Waals surface area contributed by atoms with E-state index in [-0.39, 0.29) is 16.3 Å². The molecule has 0 saturated carbocycles. The molecule has 0 aliphatic carbocycles. The highest BCUT2D eigenvalue weighted by Crippen LogP contribution is 2.27. The number of rotatable bonds is 6. The van der Waals surface area contributed by atoms with Gasteiger partial charge < -0.3 is 9.84 Å². The van der Waals surface area contributed by atoms with E-state index in [0.29, 0.717) is 5.56 Å².